The summed E-state index contributed by atoms with van der Waals surface area (Å²) in [4.78, 5) is 0. The van der Waals surface area contributed by atoms with Gasteiger partial charge in [-0.05, 0) is 13.8 Å². The third kappa shape index (κ3) is 278. The van der Waals surface area contributed by atoms with Gasteiger partial charge in [0.25, 0.3) is 0 Å². The number of hydrogen-bond donors (Lipinski definition) is 2. The second kappa shape index (κ2) is 29.6. The Morgan fingerprint density at radius 3 is 1.00 bits per heavy atom. The molecule has 0 saturated heterocycles. The van der Waals surface area contributed by atoms with E-state index in [9.17, 15) is 0 Å². The Labute approximate surface area is 62.0 Å². The molecule has 3 radical (unpaired) electrons. The first-order chi connectivity index (χ1) is 2.83. The minimum Gasteiger partial charge on any atom is -0.397 e. The zero-order chi connectivity index (χ0) is 5.41. The third-order valence-electron chi connectivity index (χ3n) is 0. The van der Waals surface area contributed by atoms with Gasteiger partial charge in [0, 0.05) is 37.6 Å². The van der Waals surface area contributed by atoms with Gasteiger partial charge in [-0.2, -0.15) is 0 Å². The Morgan fingerprint density at radius 2 is 1.00 bits per heavy atom. The molecule has 0 saturated carbocycles. The Balaban J connectivity index is -0.0000000400. The van der Waals surface area contributed by atoms with E-state index in [-0.39, 0.29) is 37.6 Å². The molecule has 2 nitrogen and oxygen atoms in total. The summed E-state index contributed by atoms with van der Waals surface area (Å²) in [6, 6.07) is 0. The molecule has 0 unspecified atom stereocenters. The van der Waals surface area contributed by atoms with E-state index in [1.54, 1.807) is 13.8 Å². The van der Waals surface area contributed by atoms with Crippen molar-refractivity contribution in [3.8, 4) is 0 Å². The first-order valence-electron chi connectivity index (χ1n) is 2.05. The second-order valence-electron chi connectivity index (χ2n) is 0.632. The van der Waals surface area contributed by atoms with Gasteiger partial charge in [-0.3, -0.25) is 0 Å². The minimum absolute atomic E-state index is 0. The summed E-state index contributed by atoms with van der Waals surface area (Å²) in [5.41, 5.74) is 0. The number of hydrogen-bond acceptors (Lipinski definition) is 2. The van der Waals surface area contributed by atoms with Crippen LogP contribution in [0.3, 0.4) is 0 Å². The van der Waals surface area contributed by atoms with Gasteiger partial charge in [0.2, 0.25) is 0 Å². The van der Waals surface area contributed by atoms with Gasteiger partial charge in [0.1, 0.15) is 0 Å². The standard InChI is InChI=1S/2C2H6O.Sb/c2*1-2-3;/h2*3H,2H2,1H3;. The Kier molecular flexibility index (Phi) is 66.2. The molecule has 0 fully saturated rings. The van der Waals surface area contributed by atoms with Crippen molar-refractivity contribution in [3.05, 3.63) is 0 Å². The fraction of sp³-hybridized carbons (Fsp3) is 1.00. The Bertz CT molecular complexity index is 11.7. The number of aliphatic hydroxyl groups is 2. The molecule has 0 atom stereocenters. The van der Waals surface area contributed by atoms with E-state index < -0.39 is 0 Å². The summed E-state index contributed by atoms with van der Waals surface area (Å²) in [7, 11) is 0. The zero-order valence-electron chi connectivity index (χ0n) is 4.76. The Hall–Kier alpha value is 0.738. The van der Waals surface area contributed by atoms with Gasteiger partial charge in [-0.15, -0.1) is 0 Å². The van der Waals surface area contributed by atoms with Crippen LogP contribution >= 0.6 is 0 Å². The molecule has 0 amide bonds. The van der Waals surface area contributed by atoms with Crippen LogP contribution in [0.2, 0.25) is 0 Å². The van der Waals surface area contributed by atoms with E-state index in [4.69, 9.17) is 10.2 Å². The Morgan fingerprint density at radius 1 is 1.00 bits per heavy atom. The molecule has 45 valence electrons. The maximum atomic E-state index is 7.57. The maximum Gasteiger partial charge on any atom is 0.0402 e. The van der Waals surface area contributed by atoms with Gasteiger partial charge in [0.05, 0.1) is 0 Å². The van der Waals surface area contributed by atoms with Crippen LogP contribution in [0, 0.1) is 0 Å². The second-order valence-corrected chi connectivity index (χ2v) is 0.632. The summed E-state index contributed by atoms with van der Waals surface area (Å²) in [6.45, 7) is 3.86. The first-order valence-corrected chi connectivity index (χ1v) is 2.05. The fourth-order valence-corrected chi connectivity index (χ4v) is 0. The third-order valence-corrected chi connectivity index (χ3v) is 0. The average Bonchev–Trinajstić information content (AvgIpc) is 1.39. The van der Waals surface area contributed by atoms with Crippen molar-refractivity contribution < 1.29 is 10.2 Å². The van der Waals surface area contributed by atoms with Gasteiger partial charge in [-0.25, -0.2) is 0 Å². The summed E-state index contributed by atoms with van der Waals surface area (Å²) in [5, 5.41) is 15.1. The van der Waals surface area contributed by atoms with Crippen molar-refractivity contribution >= 4 is 24.4 Å². The van der Waals surface area contributed by atoms with E-state index in [2.05, 4.69) is 0 Å². The average molecular weight is 214 g/mol. The van der Waals surface area contributed by atoms with Crippen LogP contribution in [0.1, 0.15) is 13.8 Å². The van der Waals surface area contributed by atoms with Crippen LogP contribution in [0.4, 0.5) is 0 Å². The largest absolute Gasteiger partial charge is 0.397 e. The van der Waals surface area contributed by atoms with Crippen LogP contribution in [0.25, 0.3) is 0 Å². The van der Waals surface area contributed by atoms with Crippen molar-refractivity contribution in [2.45, 2.75) is 13.8 Å². The van der Waals surface area contributed by atoms with Crippen molar-refractivity contribution in [3.63, 3.8) is 0 Å². The van der Waals surface area contributed by atoms with E-state index in [0.29, 0.717) is 0 Å². The van der Waals surface area contributed by atoms with Crippen molar-refractivity contribution in [2.24, 2.45) is 0 Å². The summed E-state index contributed by atoms with van der Waals surface area (Å²) < 4.78 is 0. The molecule has 7 heavy (non-hydrogen) atoms. The maximum absolute atomic E-state index is 7.57. The first kappa shape index (κ1) is 15.6. The van der Waals surface area contributed by atoms with Gasteiger partial charge >= 0.3 is 0 Å². The topological polar surface area (TPSA) is 40.5 Å². The smallest absolute Gasteiger partial charge is 0.0402 e. The van der Waals surface area contributed by atoms with Gasteiger partial charge in [-0.1, -0.05) is 0 Å². The van der Waals surface area contributed by atoms with Crippen LogP contribution in [0.15, 0.2) is 0 Å². The van der Waals surface area contributed by atoms with E-state index >= 15 is 0 Å². The van der Waals surface area contributed by atoms with Crippen LogP contribution in [-0.2, 0) is 0 Å². The zero-order valence-corrected chi connectivity index (χ0v) is 7.31. The van der Waals surface area contributed by atoms with Gasteiger partial charge < -0.3 is 10.2 Å². The molecule has 0 aliphatic heterocycles. The fourth-order valence-electron chi connectivity index (χ4n) is 0. The number of aliphatic hydroxyl groups excluding tert-OH is 2. The van der Waals surface area contributed by atoms with E-state index in [0.717, 1.165) is 0 Å². The van der Waals surface area contributed by atoms with Gasteiger partial charge in [0.15, 0.2) is 0 Å². The summed E-state index contributed by atoms with van der Waals surface area (Å²) in [6.07, 6.45) is 0. The van der Waals surface area contributed by atoms with Crippen LogP contribution in [0.5, 0.6) is 0 Å². The summed E-state index contributed by atoms with van der Waals surface area (Å²) >= 11 is 0. The minimum atomic E-state index is 0. The van der Waals surface area contributed by atoms with Crippen LogP contribution in [-0.4, -0.2) is 47.9 Å². The molecule has 0 aromatic carbocycles. The molecule has 0 rings (SSSR count). The van der Waals surface area contributed by atoms with E-state index in [1.165, 1.54) is 0 Å². The molecule has 0 heterocycles. The monoisotopic (exact) mass is 213 g/mol. The molecule has 0 aliphatic carbocycles. The number of rotatable bonds is 0. The SMILES string of the molecule is CCO.CCO.[Sb]. The quantitative estimate of drug-likeness (QED) is 0.539. The van der Waals surface area contributed by atoms with Crippen molar-refractivity contribution in [2.75, 3.05) is 13.2 Å². The molecular weight excluding hydrogens is 202 g/mol. The molecule has 0 aromatic rings. The van der Waals surface area contributed by atoms with Crippen molar-refractivity contribution in [1.29, 1.82) is 0 Å². The molecule has 2 N–H and O–H groups in total. The van der Waals surface area contributed by atoms with Crippen molar-refractivity contribution in [1.82, 2.24) is 0 Å². The predicted octanol–water partition coefficient (Wildman–Crippen LogP) is -0.384. The van der Waals surface area contributed by atoms with Crippen LogP contribution < -0.4 is 0 Å². The molecule has 0 bridgehead atoms. The molecule has 0 aromatic heterocycles. The summed E-state index contributed by atoms with van der Waals surface area (Å²) in [5.74, 6) is 0. The predicted molar refractivity (Wildman–Crippen MR) is 31.3 cm³/mol. The molecule has 0 spiro atoms. The molecular formula is C4H12O2Sb. The van der Waals surface area contributed by atoms with E-state index in [1.807, 2.05) is 0 Å². The molecule has 3 heteroatoms. The normalized spacial score (nSPS) is 5.14. The molecule has 0 aliphatic rings.